The molecule has 0 aromatic heterocycles. The predicted molar refractivity (Wildman–Crippen MR) is 50.8 cm³/mol. The molecule has 0 rings (SSSR count). The molecule has 3 nitrogen and oxygen atoms in total. The number of hydrogen-bond acceptors (Lipinski definition) is 2. The van der Waals surface area contributed by atoms with Crippen molar-refractivity contribution >= 4 is 5.91 Å². The van der Waals surface area contributed by atoms with Gasteiger partial charge >= 0.3 is 0 Å². The summed E-state index contributed by atoms with van der Waals surface area (Å²) in [6, 6.07) is -0.141. The molecule has 2 atom stereocenters. The molecule has 12 heavy (non-hydrogen) atoms. The highest BCUT2D eigenvalue weighted by Gasteiger charge is 2.09. The molecule has 0 aromatic carbocycles. The van der Waals surface area contributed by atoms with Crippen LogP contribution in [0, 0.1) is 0 Å². The van der Waals surface area contributed by atoms with Gasteiger partial charge in [0.15, 0.2) is 0 Å². The Morgan fingerprint density at radius 1 is 1.50 bits per heavy atom. The maximum absolute atomic E-state index is 11.1. The van der Waals surface area contributed by atoms with Crippen LogP contribution in [0.3, 0.4) is 0 Å². The van der Waals surface area contributed by atoms with Crippen molar-refractivity contribution < 1.29 is 4.79 Å². The van der Waals surface area contributed by atoms with Gasteiger partial charge in [-0.15, -0.1) is 0 Å². The van der Waals surface area contributed by atoms with Crippen molar-refractivity contribution in [3.8, 4) is 0 Å². The average Bonchev–Trinajstić information content (AvgIpc) is 2.00. The van der Waals surface area contributed by atoms with Crippen molar-refractivity contribution in [2.75, 3.05) is 0 Å². The Morgan fingerprint density at radius 2 is 2.08 bits per heavy atom. The highest BCUT2D eigenvalue weighted by atomic mass is 16.2. The maximum atomic E-state index is 11.1. The summed E-state index contributed by atoms with van der Waals surface area (Å²) in [5.74, 6) is -0.0568. The van der Waals surface area contributed by atoms with E-state index < -0.39 is 6.04 Å². The number of amides is 1. The van der Waals surface area contributed by atoms with E-state index in [-0.39, 0.29) is 11.9 Å². The molecule has 0 bridgehead atoms. The van der Waals surface area contributed by atoms with Gasteiger partial charge in [0.1, 0.15) is 0 Å². The average molecular weight is 172 g/mol. The highest BCUT2D eigenvalue weighted by molar-refractivity contribution is 5.81. The Morgan fingerprint density at radius 3 is 2.50 bits per heavy atom. The van der Waals surface area contributed by atoms with E-state index >= 15 is 0 Å². The van der Waals surface area contributed by atoms with Crippen LogP contribution in [0.2, 0.25) is 0 Å². The number of hydrogen-bond donors (Lipinski definition) is 2. The van der Waals surface area contributed by atoms with Crippen LogP contribution in [0.1, 0.15) is 40.0 Å². The van der Waals surface area contributed by atoms with Crippen molar-refractivity contribution in [1.29, 1.82) is 0 Å². The SMILES string of the molecule is CCCCC(C)NC(=O)C(C)N. The van der Waals surface area contributed by atoms with Crippen LogP contribution in [0.25, 0.3) is 0 Å². The largest absolute Gasteiger partial charge is 0.352 e. The summed E-state index contributed by atoms with van der Waals surface area (Å²) >= 11 is 0. The van der Waals surface area contributed by atoms with Gasteiger partial charge < -0.3 is 11.1 Å². The molecule has 0 spiro atoms. The van der Waals surface area contributed by atoms with Crippen molar-refractivity contribution in [3.05, 3.63) is 0 Å². The molecule has 72 valence electrons. The van der Waals surface area contributed by atoms with Crippen molar-refractivity contribution in [3.63, 3.8) is 0 Å². The highest BCUT2D eigenvalue weighted by Crippen LogP contribution is 1.99. The van der Waals surface area contributed by atoms with E-state index in [0.717, 1.165) is 12.8 Å². The minimum atomic E-state index is -0.394. The maximum Gasteiger partial charge on any atom is 0.236 e. The summed E-state index contributed by atoms with van der Waals surface area (Å²) in [5, 5.41) is 2.85. The number of unbranched alkanes of at least 4 members (excludes halogenated alkanes) is 1. The molecule has 1 amide bonds. The number of rotatable bonds is 5. The molecule has 0 fully saturated rings. The molecule has 0 aliphatic rings. The molecule has 0 saturated heterocycles. The van der Waals surface area contributed by atoms with Crippen molar-refractivity contribution in [1.82, 2.24) is 5.32 Å². The monoisotopic (exact) mass is 172 g/mol. The Bertz CT molecular complexity index is 134. The molecule has 2 unspecified atom stereocenters. The van der Waals surface area contributed by atoms with Gasteiger partial charge in [-0.1, -0.05) is 19.8 Å². The van der Waals surface area contributed by atoms with E-state index in [1.165, 1.54) is 6.42 Å². The fourth-order valence-corrected chi connectivity index (χ4v) is 0.957. The molecule has 0 aliphatic carbocycles. The summed E-state index contributed by atoms with van der Waals surface area (Å²) in [6.07, 6.45) is 3.35. The van der Waals surface area contributed by atoms with Crippen molar-refractivity contribution in [2.24, 2.45) is 5.73 Å². The summed E-state index contributed by atoms with van der Waals surface area (Å²) in [5.41, 5.74) is 5.40. The molecule has 0 aliphatic heterocycles. The van der Waals surface area contributed by atoms with Gasteiger partial charge in [0.25, 0.3) is 0 Å². The third-order valence-electron chi connectivity index (χ3n) is 1.79. The van der Waals surface area contributed by atoms with E-state index in [9.17, 15) is 4.79 Å². The molecule has 0 saturated carbocycles. The smallest absolute Gasteiger partial charge is 0.236 e. The minimum absolute atomic E-state index is 0.0568. The topological polar surface area (TPSA) is 55.1 Å². The third kappa shape index (κ3) is 5.13. The molecule has 3 N–H and O–H groups in total. The second-order valence-corrected chi connectivity index (χ2v) is 3.34. The number of carbonyl (C=O) groups excluding carboxylic acids is 1. The standard InChI is InChI=1S/C9H20N2O/c1-4-5-6-7(2)11-9(12)8(3)10/h7-8H,4-6,10H2,1-3H3,(H,11,12). The molecular formula is C9H20N2O. The summed E-state index contributed by atoms with van der Waals surface area (Å²) in [7, 11) is 0. The first-order chi connectivity index (χ1) is 5.57. The first-order valence-corrected chi connectivity index (χ1v) is 4.63. The van der Waals surface area contributed by atoms with Crippen LogP contribution in [-0.4, -0.2) is 18.0 Å². The Labute approximate surface area is 74.7 Å². The fraction of sp³-hybridized carbons (Fsp3) is 0.889. The second-order valence-electron chi connectivity index (χ2n) is 3.34. The predicted octanol–water partition coefficient (Wildman–Crippen LogP) is 1.03. The van der Waals surface area contributed by atoms with Gasteiger partial charge in [0, 0.05) is 6.04 Å². The lowest BCUT2D eigenvalue weighted by molar-refractivity contribution is -0.122. The molecule has 0 aromatic rings. The van der Waals surface area contributed by atoms with Gasteiger partial charge in [-0.05, 0) is 20.3 Å². The zero-order valence-electron chi connectivity index (χ0n) is 8.26. The lowest BCUT2D eigenvalue weighted by Crippen LogP contribution is -2.42. The zero-order valence-corrected chi connectivity index (χ0v) is 8.26. The molecule has 3 heteroatoms. The Kier molecular flexibility index (Phi) is 5.72. The number of nitrogens with one attached hydrogen (secondary N) is 1. The third-order valence-corrected chi connectivity index (χ3v) is 1.79. The quantitative estimate of drug-likeness (QED) is 0.650. The van der Waals surface area contributed by atoms with Crippen LogP contribution in [-0.2, 0) is 4.79 Å². The zero-order chi connectivity index (χ0) is 9.56. The van der Waals surface area contributed by atoms with E-state index in [1.54, 1.807) is 6.92 Å². The normalized spacial score (nSPS) is 15.3. The summed E-state index contributed by atoms with van der Waals surface area (Å²) in [4.78, 5) is 11.1. The van der Waals surface area contributed by atoms with Crippen molar-refractivity contribution in [2.45, 2.75) is 52.1 Å². The molecular weight excluding hydrogens is 152 g/mol. The summed E-state index contributed by atoms with van der Waals surface area (Å²) < 4.78 is 0. The van der Waals surface area contributed by atoms with Gasteiger partial charge in [-0.25, -0.2) is 0 Å². The van der Waals surface area contributed by atoms with Crippen LogP contribution >= 0.6 is 0 Å². The lowest BCUT2D eigenvalue weighted by Gasteiger charge is -2.14. The van der Waals surface area contributed by atoms with Gasteiger partial charge in [-0.2, -0.15) is 0 Å². The minimum Gasteiger partial charge on any atom is -0.352 e. The van der Waals surface area contributed by atoms with Crippen LogP contribution in [0.5, 0.6) is 0 Å². The van der Waals surface area contributed by atoms with Crippen LogP contribution in [0.15, 0.2) is 0 Å². The number of nitrogens with two attached hydrogens (primary N) is 1. The second kappa shape index (κ2) is 6.00. The van der Waals surface area contributed by atoms with Gasteiger partial charge in [-0.3, -0.25) is 4.79 Å². The number of carbonyl (C=O) groups is 1. The fourth-order valence-electron chi connectivity index (χ4n) is 0.957. The Hall–Kier alpha value is -0.570. The molecule has 0 heterocycles. The molecule has 0 radical (unpaired) electrons. The van der Waals surface area contributed by atoms with Crippen LogP contribution in [0.4, 0.5) is 0 Å². The Balaban J connectivity index is 3.54. The van der Waals surface area contributed by atoms with Gasteiger partial charge in [0.2, 0.25) is 5.91 Å². The first-order valence-electron chi connectivity index (χ1n) is 4.63. The van der Waals surface area contributed by atoms with E-state index in [2.05, 4.69) is 12.2 Å². The van der Waals surface area contributed by atoms with E-state index in [0.29, 0.717) is 0 Å². The van der Waals surface area contributed by atoms with Gasteiger partial charge in [0.05, 0.1) is 6.04 Å². The first kappa shape index (κ1) is 11.4. The van der Waals surface area contributed by atoms with Crippen LogP contribution < -0.4 is 11.1 Å². The van der Waals surface area contributed by atoms with E-state index in [4.69, 9.17) is 5.73 Å². The lowest BCUT2D eigenvalue weighted by atomic mass is 10.1. The summed E-state index contributed by atoms with van der Waals surface area (Å²) in [6.45, 7) is 5.85. The van der Waals surface area contributed by atoms with E-state index in [1.807, 2.05) is 6.92 Å².